The Morgan fingerprint density at radius 3 is 2.28 bits per heavy atom. The molecule has 1 atom stereocenters. The lowest BCUT2D eigenvalue weighted by atomic mass is 9.88. The number of nitrogens with two attached hydrogens (primary N) is 1. The van der Waals surface area contributed by atoms with Gasteiger partial charge >= 0.3 is 0 Å². The molecule has 0 bridgehead atoms. The van der Waals surface area contributed by atoms with Gasteiger partial charge in [0.15, 0.2) is 0 Å². The highest BCUT2D eigenvalue weighted by molar-refractivity contribution is 5.74. The normalized spacial score (nSPS) is 22.7. The maximum Gasteiger partial charge on any atom is 0.0605 e. The third-order valence-electron chi connectivity index (χ3n) is 4.80. The highest BCUT2D eigenvalue weighted by atomic mass is 15.2. The van der Waals surface area contributed by atoms with Crippen molar-refractivity contribution in [1.82, 2.24) is 0 Å². The average Bonchev–Trinajstić information content (AvgIpc) is 3.15. The number of fused-ring (bicyclic) bond motifs is 1. The van der Waals surface area contributed by atoms with Gasteiger partial charge in [-0.1, -0.05) is 6.07 Å². The first kappa shape index (κ1) is 11.8. The Labute approximate surface area is 110 Å². The van der Waals surface area contributed by atoms with Crippen LogP contribution in [0.4, 0.5) is 11.4 Å². The van der Waals surface area contributed by atoms with Gasteiger partial charge in [0.2, 0.25) is 0 Å². The van der Waals surface area contributed by atoms with Gasteiger partial charge in [-0.15, -0.1) is 0 Å². The first-order valence-electron chi connectivity index (χ1n) is 6.87. The largest absolute Gasteiger partial charge is 0.371 e. The van der Waals surface area contributed by atoms with E-state index in [-0.39, 0.29) is 11.5 Å². The molecule has 98 valence electrons. The Morgan fingerprint density at radius 1 is 1.11 bits per heavy atom. The number of rotatable bonds is 2. The summed E-state index contributed by atoms with van der Waals surface area (Å²) in [6, 6.07) is 7.16. The molecule has 1 aromatic rings. The van der Waals surface area contributed by atoms with E-state index >= 15 is 0 Å². The van der Waals surface area contributed by atoms with Gasteiger partial charge in [-0.25, -0.2) is 0 Å². The van der Waals surface area contributed by atoms with Crippen LogP contribution in [0.25, 0.3) is 0 Å². The molecule has 1 heterocycles. The van der Waals surface area contributed by atoms with Gasteiger partial charge in [0.25, 0.3) is 0 Å². The van der Waals surface area contributed by atoms with E-state index in [1.54, 1.807) is 0 Å². The van der Waals surface area contributed by atoms with Crippen LogP contribution in [0.2, 0.25) is 0 Å². The molecule has 1 saturated carbocycles. The van der Waals surface area contributed by atoms with Gasteiger partial charge in [0, 0.05) is 38.6 Å². The van der Waals surface area contributed by atoms with Crippen molar-refractivity contribution in [3.05, 3.63) is 23.8 Å². The molecule has 0 saturated heterocycles. The van der Waals surface area contributed by atoms with Gasteiger partial charge in [0.1, 0.15) is 0 Å². The van der Waals surface area contributed by atoms with E-state index in [4.69, 9.17) is 5.73 Å². The molecule has 1 aliphatic carbocycles. The number of nitrogens with zero attached hydrogens (tertiary/aromatic N) is 2. The van der Waals surface area contributed by atoms with Gasteiger partial charge in [-0.05, 0) is 37.5 Å². The molecular formula is C15H23N3. The second-order valence-electron chi connectivity index (χ2n) is 5.99. The van der Waals surface area contributed by atoms with Crippen LogP contribution in [0.15, 0.2) is 18.2 Å². The van der Waals surface area contributed by atoms with Gasteiger partial charge in [-0.2, -0.15) is 0 Å². The first-order valence-corrected chi connectivity index (χ1v) is 6.87. The standard InChI is InChI=1S/C15H23N3/c1-11(16)15(6-7-15)12-4-5-13-14(10-12)18(3)9-8-17(13)2/h4-5,10-11H,6-9,16H2,1-3H3. The van der Waals surface area contributed by atoms with Crippen molar-refractivity contribution in [2.45, 2.75) is 31.2 Å². The Hall–Kier alpha value is -1.22. The molecular weight excluding hydrogens is 222 g/mol. The Morgan fingerprint density at radius 2 is 1.72 bits per heavy atom. The van der Waals surface area contributed by atoms with Crippen molar-refractivity contribution in [3.8, 4) is 0 Å². The third kappa shape index (κ3) is 1.61. The molecule has 3 nitrogen and oxygen atoms in total. The summed E-state index contributed by atoms with van der Waals surface area (Å²) in [4.78, 5) is 4.70. The minimum atomic E-state index is 0.252. The Bertz CT molecular complexity index is 463. The van der Waals surface area contributed by atoms with Crippen molar-refractivity contribution in [2.75, 3.05) is 37.0 Å². The number of likely N-dealkylation sites (N-methyl/N-ethyl adjacent to an activating group) is 2. The third-order valence-corrected chi connectivity index (χ3v) is 4.80. The van der Waals surface area contributed by atoms with E-state index in [2.05, 4.69) is 49.0 Å². The van der Waals surface area contributed by atoms with Crippen LogP contribution in [0.1, 0.15) is 25.3 Å². The van der Waals surface area contributed by atoms with Crippen LogP contribution in [-0.2, 0) is 5.41 Å². The lowest BCUT2D eigenvalue weighted by Crippen LogP contribution is -2.37. The van der Waals surface area contributed by atoms with Crippen molar-refractivity contribution in [1.29, 1.82) is 0 Å². The molecule has 2 N–H and O–H groups in total. The summed E-state index contributed by atoms with van der Waals surface area (Å²) in [5, 5.41) is 0. The maximum atomic E-state index is 6.18. The summed E-state index contributed by atoms with van der Waals surface area (Å²) in [7, 11) is 4.35. The predicted octanol–water partition coefficient (Wildman–Crippen LogP) is 1.95. The van der Waals surface area contributed by atoms with Crippen LogP contribution in [0, 0.1) is 0 Å². The molecule has 0 aromatic heterocycles. The monoisotopic (exact) mass is 245 g/mol. The van der Waals surface area contributed by atoms with Crippen molar-refractivity contribution >= 4 is 11.4 Å². The minimum absolute atomic E-state index is 0.252. The fourth-order valence-electron chi connectivity index (χ4n) is 3.14. The second-order valence-corrected chi connectivity index (χ2v) is 5.99. The fraction of sp³-hybridized carbons (Fsp3) is 0.600. The van der Waals surface area contributed by atoms with E-state index in [1.807, 2.05) is 0 Å². The quantitative estimate of drug-likeness (QED) is 0.864. The van der Waals surface area contributed by atoms with Crippen molar-refractivity contribution in [3.63, 3.8) is 0 Å². The van der Waals surface area contributed by atoms with Crippen molar-refractivity contribution in [2.24, 2.45) is 5.73 Å². The minimum Gasteiger partial charge on any atom is -0.371 e. The number of hydrogen-bond acceptors (Lipinski definition) is 3. The molecule has 3 rings (SSSR count). The fourth-order valence-corrected chi connectivity index (χ4v) is 3.14. The van der Waals surface area contributed by atoms with Crippen LogP contribution >= 0.6 is 0 Å². The van der Waals surface area contributed by atoms with E-state index < -0.39 is 0 Å². The summed E-state index contributed by atoms with van der Waals surface area (Å²) in [6.45, 7) is 4.34. The molecule has 0 radical (unpaired) electrons. The maximum absolute atomic E-state index is 6.18. The van der Waals surface area contributed by atoms with E-state index in [0.29, 0.717) is 0 Å². The zero-order valence-corrected chi connectivity index (χ0v) is 11.6. The molecule has 1 unspecified atom stereocenters. The first-order chi connectivity index (χ1) is 8.54. The zero-order chi connectivity index (χ0) is 12.9. The number of anilines is 2. The van der Waals surface area contributed by atoms with Gasteiger partial charge in [-0.3, -0.25) is 0 Å². The lowest BCUT2D eigenvalue weighted by molar-refractivity contribution is 0.556. The smallest absolute Gasteiger partial charge is 0.0605 e. The Balaban J connectivity index is 2.03. The molecule has 3 heteroatoms. The number of hydrogen-bond donors (Lipinski definition) is 1. The molecule has 1 fully saturated rings. The molecule has 18 heavy (non-hydrogen) atoms. The van der Waals surface area contributed by atoms with Crippen LogP contribution in [0.3, 0.4) is 0 Å². The summed E-state index contributed by atoms with van der Waals surface area (Å²) in [6.07, 6.45) is 2.48. The van der Waals surface area contributed by atoms with E-state index in [1.165, 1.54) is 29.8 Å². The van der Waals surface area contributed by atoms with Crippen LogP contribution < -0.4 is 15.5 Å². The highest BCUT2D eigenvalue weighted by Gasteiger charge is 2.47. The SMILES string of the molecule is CC(N)C1(c2ccc3c(c2)N(C)CCN3C)CC1. The lowest BCUT2D eigenvalue weighted by Gasteiger charge is -2.35. The topological polar surface area (TPSA) is 32.5 Å². The van der Waals surface area contributed by atoms with Crippen LogP contribution in [0.5, 0.6) is 0 Å². The summed E-state index contributed by atoms with van der Waals surface area (Å²) >= 11 is 0. The summed E-state index contributed by atoms with van der Waals surface area (Å²) in [5.74, 6) is 0. The number of benzene rings is 1. The zero-order valence-electron chi connectivity index (χ0n) is 11.6. The van der Waals surface area contributed by atoms with E-state index in [9.17, 15) is 0 Å². The Kier molecular flexibility index (Phi) is 2.56. The average molecular weight is 245 g/mol. The molecule has 1 aliphatic heterocycles. The second kappa shape index (κ2) is 3.89. The molecule has 0 amide bonds. The summed E-state index contributed by atoms with van der Waals surface area (Å²) in [5.41, 5.74) is 10.6. The van der Waals surface area contributed by atoms with Crippen LogP contribution in [-0.4, -0.2) is 33.2 Å². The molecule has 2 aliphatic rings. The van der Waals surface area contributed by atoms with Gasteiger partial charge < -0.3 is 15.5 Å². The highest BCUT2D eigenvalue weighted by Crippen LogP contribution is 2.51. The van der Waals surface area contributed by atoms with Gasteiger partial charge in [0.05, 0.1) is 11.4 Å². The summed E-state index contributed by atoms with van der Waals surface area (Å²) < 4.78 is 0. The predicted molar refractivity (Wildman–Crippen MR) is 77.5 cm³/mol. The molecule has 0 spiro atoms. The van der Waals surface area contributed by atoms with Crippen molar-refractivity contribution < 1.29 is 0 Å². The van der Waals surface area contributed by atoms with E-state index in [0.717, 1.165) is 13.1 Å². The molecule has 1 aromatic carbocycles.